The molecule has 2 rings (SSSR count). The highest BCUT2D eigenvalue weighted by Gasteiger charge is 2.28. The minimum Gasteiger partial charge on any atom is -0.467 e. The molecule has 0 aliphatic carbocycles. The monoisotopic (exact) mass is 348 g/mol. The summed E-state index contributed by atoms with van der Waals surface area (Å²) < 4.78 is 9.94. The Morgan fingerprint density at radius 2 is 1.88 bits per heavy atom. The van der Waals surface area contributed by atoms with Gasteiger partial charge in [-0.2, -0.15) is 0 Å². The molecule has 0 saturated heterocycles. The second kappa shape index (κ2) is 8.68. The molecule has 5 nitrogen and oxygen atoms in total. The second-order valence-corrected chi connectivity index (χ2v) is 5.64. The SMILES string of the molecule is COC(=O)[C@H](OC)[C@@H](Cc1ccc(-c2cccc(N)c2)cc1)NCl. The number of carbonyl (C=O) groups is 1. The zero-order chi connectivity index (χ0) is 17.5. The van der Waals surface area contributed by atoms with E-state index in [4.69, 9.17) is 27.0 Å². The molecule has 2 atom stereocenters. The topological polar surface area (TPSA) is 73.6 Å². The Balaban J connectivity index is 2.13. The van der Waals surface area contributed by atoms with Crippen LogP contribution in [0.25, 0.3) is 11.1 Å². The van der Waals surface area contributed by atoms with Crippen LogP contribution in [0.2, 0.25) is 0 Å². The quantitative estimate of drug-likeness (QED) is 0.457. The number of hydrogen-bond acceptors (Lipinski definition) is 5. The van der Waals surface area contributed by atoms with E-state index in [2.05, 4.69) is 4.84 Å². The summed E-state index contributed by atoms with van der Waals surface area (Å²) in [5.74, 6) is -0.466. The zero-order valence-electron chi connectivity index (χ0n) is 13.7. The highest BCUT2D eigenvalue weighted by molar-refractivity contribution is 6.13. The summed E-state index contributed by atoms with van der Waals surface area (Å²) in [7, 11) is 2.77. The molecule has 24 heavy (non-hydrogen) atoms. The van der Waals surface area contributed by atoms with E-state index in [1.807, 2.05) is 48.5 Å². The lowest BCUT2D eigenvalue weighted by Crippen LogP contribution is -2.44. The van der Waals surface area contributed by atoms with E-state index in [9.17, 15) is 4.79 Å². The first-order valence-electron chi connectivity index (χ1n) is 7.50. The lowest BCUT2D eigenvalue weighted by molar-refractivity contribution is -0.153. The van der Waals surface area contributed by atoms with Crippen molar-refractivity contribution in [3.05, 3.63) is 54.1 Å². The van der Waals surface area contributed by atoms with Crippen LogP contribution in [0, 0.1) is 0 Å². The van der Waals surface area contributed by atoms with Gasteiger partial charge in [0.25, 0.3) is 0 Å². The lowest BCUT2D eigenvalue weighted by atomic mass is 9.98. The van der Waals surface area contributed by atoms with Gasteiger partial charge in [-0.15, -0.1) is 0 Å². The molecule has 0 unspecified atom stereocenters. The molecule has 3 N–H and O–H groups in total. The fraction of sp³-hybridized carbons (Fsp3) is 0.278. The largest absolute Gasteiger partial charge is 0.467 e. The van der Waals surface area contributed by atoms with Crippen molar-refractivity contribution in [1.29, 1.82) is 0 Å². The van der Waals surface area contributed by atoms with Gasteiger partial charge in [0.1, 0.15) is 0 Å². The van der Waals surface area contributed by atoms with Gasteiger partial charge in [0, 0.05) is 12.8 Å². The molecule has 0 bridgehead atoms. The summed E-state index contributed by atoms with van der Waals surface area (Å²) in [5, 5.41) is 0. The van der Waals surface area contributed by atoms with Gasteiger partial charge in [-0.25, -0.2) is 9.63 Å². The maximum atomic E-state index is 11.7. The zero-order valence-corrected chi connectivity index (χ0v) is 14.4. The molecule has 0 amide bonds. The number of nitrogen functional groups attached to an aromatic ring is 1. The molecule has 2 aromatic rings. The maximum Gasteiger partial charge on any atom is 0.336 e. The second-order valence-electron chi connectivity index (χ2n) is 5.42. The van der Waals surface area contributed by atoms with E-state index in [-0.39, 0.29) is 0 Å². The van der Waals surface area contributed by atoms with Gasteiger partial charge in [0.05, 0.1) is 13.2 Å². The summed E-state index contributed by atoms with van der Waals surface area (Å²) in [6.45, 7) is 0. The number of anilines is 1. The Hall–Kier alpha value is -2.08. The molecule has 0 aliphatic heterocycles. The predicted octanol–water partition coefficient (Wildman–Crippen LogP) is 2.78. The van der Waals surface area contributed by atoms with Crippen LogP contribution in [0.1, 0.15) is 5.56 Å². The Morgan fingerprint density at radius 1 is 1.17 bits per heavy atom. The van der Waals surface area contributed by atoms with Crippen molar-refractivity contribution >= 4 is 23.4 Å². The number of nitrogens with two attached hydrogens (primary N) is 1. The van der Waals surface area contributed by atoms with Gasteiger partial charge >= 0.3 is 5.97 Å². The van der Waals surface area contributed by atoms with Gasteiger partial charge in [0.2, 0.25) is 0 Å². The summed E-state index contributed by atoms with van der Waals surface area (Å²) in [6, 6.07) is 15.3. The van der Waals surface area contributed by atoms with E-state index in [0.29, 0.717) is 6.42 Å². The Labute approximate surface area is 146 Å². The first-order valence-corrected chi connectivity index (χ1v) is 7.88. The molecule has 0 aliphatic rings. The average Bonchev–Trinajstić information content (AvgIpc) is 2.61. The molecule has 128 valence electrons. The highest BCUT2D eigenvalue weighted by atomic mass is 35.5. The summed E-state index contributed by atoms with van der Waals surface area (Å²) in [5.41, 5.74) is 9.69. The van der Waals surface area contributed by atoms with Crippen molar-refractivity contribution in [2.24, 2.45) is 0 Å². The molecule has 0 aromatic heterocycles. The van der Waals surface area contributed by atoms with E-state index < -0.39 is 18.1 Å². The number of hydrogen-bond donors (Lipinski definition) is 2. The molecular weight excluding hydrogens is 328 g/mol. The van der Waals surface area contributed by atoms with Crippen LogP contribution in [-0.4, -0.2) is 32.3 Å². The van der Waals surface area contributed by atoms with Crippen LogP contribution in [0.15, 0.2) is 48.5 Å². The number of methoxy groups -OCH3 is 2. The van der Waals surface area contributed by atoms with Crippen LogP contribution in [0.4, 0.5) is 5.69 Å². The van der Waals surface area contributed by atoms with Gasteiger partial charge in [-0.3, -0.25) is 0 Å². The molecule has 0 saturated carbocycles. The number of ether oxygens (including phenoxy) is 2. The number of nitrogens with one attached hydrogen (secondary N) is 1. The maximum absolute atomic E-state index is 11.7. The third-order valence-corrected chi connectivity index (χ3v) is 4.10. The average molecular weight is 349 g/mol. The van der Waals surface area contributed by atoms with E-state index in [1.165, 1.54) is 14.2 Å². The van der Waals surface area contributed by atoms with Crippen LogP contribution in [-0.2, 0) is 20.7 Å². The lowest BCUT2D eigenvalue weighted by Gasteiger charge is -2.22. The fourth-order valence-corrected chi connectivity index (χ4v) is 2.74. The van der Waals surface area contributed by atoms with Crippen molar-refractivity contribution in [2.75, 3.05) is 20.0 Å². The minimum atomic E-state index is -0.777. The molecule has 0 fully saturated rings. The summed E-state index contributed by atoms with van der Waals surface area (Å²) in [4.78, 5) is 14.3. The normalized spacial score (nSPS) is 13.3. The van der Waals surface area contributed by atoms with E-state index in [0.717, 1.165) is 22.4 Å². The predicted molar refractivity (Wildman–Crippen MR) is 95.6 cm³/mol. The van der Waals surface area contributed by atoms with Crippen molar-refractivity contribution < 1.29 is 14.3 Å². The number of carbonyl (C=O) groups excluding carboxylic acids is 1. The standard InChI is InChI=1S/C18H21ClN2O3/c1-23-17(18(22)24-2)16(21-19)10-12-6-8-13(9-7-12)14-4-3-5-15(20)11-14/h3-9,11,16-17,21H,10,20H2,1-2H3/t16-,17-/m1/s1. The number of rotatable bonds is 7. The fourth-order valence-electron chi connectivity index (χ4n) is 2.55. The van der Waals surface area contributed by atoms with E-state index in [1.54, 1.807) is 0 Å². The summed E-state index contributed by atoms with van der Waals surface area (Å²) in [6.07, 6.45) is -0.255. The first kappa shape index (κ1) is 18.3. The van der Waals surface area contributed by atoms with Gasteiger partial charge in [-0.1, -0.05) is 36.4 Å². The summed E-state index contributed by atoms with van der Waals surface area (Å²) >= 11 is 5.78. The first-order chi connectivity index (χ1) is 11.6. The molecule has 0 spiro atoms. The smallest absolute Gasteiger partial charge is 0.336 e. The van der Waals surface area contributed by atoms with Crippen LogP contribution >= 0.6 is 11.8 Å². The van der Waals surface area contributed by atoms with Crippen LogP contribution < -0.4 is 10.6 Å². The third kappa shape index (κ3) is 4.47. The van der Waals surface area contributed by atoms with Crippen LogP contribution in [0.5, 0.6) is 0 Å². The molecule has 0 radical (unpaired) electrons. The van der Waals surface area contributed by atoms with E-state index >= 15 is 0 Å². The molecule has 0 heterocycles. The van der Waals surface area contributed by atoms with Crippen molar-refractivity contribution in [3.8, 4) is 11.1 Å². The number of benzene rings is 2. The van der Waals surface area contributed by atoms with Gasteiger partial charge in [-0.05, 0) is 47.0 Å². The number of esters is 1. The Kier molecular flexibility index (Phi) is 6.61. The van der Waals surface area contributed by atoms with Gasteiger partial charge < -0.3 is 15.2 Å². The van der Waals surface area contributed by atoms with Crippen molar-refractivity contribution in [1.82, 2.24) is 4.84 Å². The molecule has 2 aromatic carbocycles. The van der Waals surface area contributed by atoms with Crippen LogP contribution in [0.3, 0.4) is 0 Å². The van der Waals surface area contributed by atoms with Crippen molar-refractivity contribution in [3.63, 3.8) is 0 Å². The third-order valence-electron chi connectivity index (χ3n) is 3.82. The Morgan fingerprint density at radius 3 is 2.42 bits per heavy atom. The van der Waals surface area contributed by atoms with Gasteiger partial charge in [0.15, 0.2) is 6.10 Å². The minimum absolute atomic E-state index is 0.401. The van der Waals surface area contributed by atoms with Crippen molar-refractivity contribution in [2.45, 2.75) is 18.6 Å². The molecule has 6 heteroatoms. The number of halogens is 1. The molecular formula is C18H21ClN2O3. The highest BCUT2D eigenvalue weighted by Crippen LogP contribution is 2.22. The Bertz CT molecular complexity index is 676.